The van der Waals surface area contributed by atoms with E-state index in [0.717, 1.165) is 0 Å². The molecule has 0 spiro atoms. The van der Waals surface area contributed by atoms with Crippen LogP contribution in [0.5, 0.6) is 0 Å². The topological polar surface area (TPSA) is 154 Å². The SMILES string of the molecule is CC(C)(C)C(=O)O.NCC#Cc1cn(C2CCC(CO)O2)c(=O)nc1N. The second kappa shape index (κ2) is 9.33. The third kappa shape index (κ3) is 6.15. The van der Waals surface area contributed by atoms with Crippen LogP contribution in [-0.2, 0) is 9.53 Å². The normalized spacial score (nSPS) is 19.1. The minimum absolute atomic E-state index is 0.0620. The highest BCUT2D eigenvalue weighted by atomic mass is 16.5. The van der Waals surface area contributed by atoms with Crippen LogP contribution >= 0.6 is 0 Å². The summed E-state index contributed by atoms with van der Waals surface area (Å²) in [4.78, 5) is 25.5. The predicted molar refractivity (Wildman–Crippen MR) is 96.2 cm³/mol. The highest BCUT2D eigenvalue weighted by molar-refractivity contribution is 5.72. The van der Waals surface area contributed by atoms with E-state index in [2.05, 4.69) is 16.8 Å². The minimum atomic E-state index is -0.757. The Kier molecular flexibility index (Phi) is 7.76. The summed E-state index contributed by atoms with van der Waals surface area (Å²) in [5.74, 6) is 4.75. The summed E-state index contributed by atoms with van der Waals surface area (Å²) in [6.07, 6.45) is 2.18. The maximum absolute atomic E-state index is 11.8. The Bertz CT molecular complexity index is 742. The molecule has 144 valence electrons. The monoisotopic (exact) mass is 366 g/mol. The zero-order valence-electron chi connectivity index (χ0n) is 15.2. The molecule has 0 bridgehead atoms. The standard InChI is InChI=1S/C12H16N4O3.C5H10O2/c13-5-1-2-8-6-16(12(18)15-11(8)14)10-4-3-9(7-17)19-10;1-5(2,3)4(6)7/h6,9-10,17H,3-5,7,13H2,(H2,14,15,18);1-3H3,(H,6,7). The maximum atomic E-state index is 11.8. The molecule has 1 aromatic rings. The summed E-state index contributed by atoms with van der Waals surface area (Å²) in [6, 6.07) is 0. The Balaban J connectivity index is 0.000000412. The van der Waals surface area contributed by atoms with Gasteiger partial charge < -0.3 is 26.4 Å². The number of aromatic nitrogens is 2. The molecular weight excluding hydrogens is 340 g/mol. The molecule has 2 rings (SSSR count). The van der Waals surface area contributed by atoms with E-state index in [9.17, 15) is 9.59 Å². The van der Waals surface area contributed by atoms with E-state index in [4.69, 9.17) is 26.4 Å². The van der Waals surface area contributed by atoms with Gasteiger partial charge in [-0.05, 0) is 33.6 Å². The fraction of sp³-hybridized carbons (Fsp3) is 0.588. The van der Waals surface area contributed by atoms with E-state index in [0.29, 0.717) is 18.4 Å². The summed E-state index contributed by atoms with van der Waals surface area (Å²) >= 11 is 0. The van der Waals surface area contributed by atoms with Gasteiger partial charge in [-0.3, -0.25) is 9.36 Å². The number of rotatable bonds is 2. The molecule has 1 aliphatic heterocycles. The number of ether oxygens (including phenoxy) is 1. The van der Waals surface area contributed by atoms with E-state index in [-0.39, 0.29) is 25.1 Å². The fourth-order valence-electron chi connectivity index (χ4n) is 1.96. The number of anilines is 1. The largest absolute Gasteiger partial charge is 0.481 e. The predicted octanol–water partition coefficient (Wildman–Crippen LogP) is -0.0773. The Morgan fingerprint density at radius 1 is 1.46 bits per heavy atom. The summed E-state index contributed by atoms with van der Waals surface area (Å²) in [5.41, 5.74) is 10.3. The molecule has 2 heterocycles. The quantitative estimate of drug-likeness (QED) is 0.530. The van der Waals surface area contributed by atoms with Gasteiger partial charge in [0.25, 0.3) is 0 Å². The third-order valence-electron chi connectivity index (χ3n) is 3.55. The van der Waals surface area contributed by atoms with Crippen molar-refractivity contribution in [2.45, 2.75) is 45.9 Å². The van der Waals surface area contributed by atoms with Crippen LogP contribution < -0.4 is 17.2 Å². The molecule has 0 aliphatic carbocycles. The first-order chi connectivity index (χ1) is 12.1. The van der Waals surface area contributed by atoms with Gasteiger partial charge in [0.1, 0.15) is 12.0 Å². The summed E-state index contributed by atoms with van der Waals surface area (Å²) < 4.78 is 6.89. The van der Waals surface area contributed by atoms with Crippen molar-refractivity contribution in [1.29, 1.82) is 0 Å². The summed E-state index contributed by atoms with van der Waals surface area (Å²) in [7, 11) is 0. The van der Waals surface area contributed by atoms with Crippen LogP contribution in [0, 0.1) is 17.3 Å². The maximum Gasteiger partial charge on any atom is 0.351 e. The molecule has 1 aromatic heterocycles. The number of aliphatic hydroxyl groups excluding tert-OH is 1. The van der Waals surface area contributed by atoms with Gasteiger partial charge in [-0.2, -0.15) is 4.98 Å². The van der Waals surface area contributed by atoms with Crippen LogP contribution in [0.4, 0.5) is 5.82 Å². The lowest BCUT2D eigenvalue weighted by Crippen LogP contribution is -2.28. The molecule has 0 radical (unpaired) electrons. The smallest absolute Gasteiger partial charge is 0.351 e. The number of carbonyl (C=O) groups is 1. The highest BCUT2D eigenvalue weighted by Gasteiger charge is 2.27. The van der Waals surface area contributed by atoms with Crippen molar-refractivity contribution in [3.8, 4) is 11.8 Å². The Labute approximate surface area is 152 Å². The van der Waals surface area contributed by atoms with Gasteiger partial charge in [-0.25, -0.2) is 4.79 Å². The van der Waals surface area contributed by atoms with E-state index in [1.54, 1.807) is 20.8 Å². The minimum Gasteiger partial charge on any atom is -0.481 e. The molecular formula is C17H26N4O5. The lowest BCUT2D eigenvalue weighted by Gasteiger charge is -2.15. The highest BCUT2D eigenvalue weighted by Crippen LogP contribution is 2.27. The Morgan fingerprint density at radius 3 is 2.54 bits per heavy atom. The number of aliphatic carboxylic acids is 1. The van der Waals surface area contributed by atoms with Crippen LogP contribution in [0.1, 0.15) is 45.4 Å². The van der Waals surface area contributed by atoms with Gasteiger partial charge >= 0.3 is 11.7 Å². The number of carboxylic acids is 1. The lowest BCUT2D eigenvalue weighted by molar-refractivity contribution is -0.145. The molecule has 2 unspecified atom stereocenters. The van der Waals surface area contributed by atoms with Crippen molar-refractivity contribution in [2.75, 3.05) is 18.9 Å². The number of nitrogens with zero attached hydrogens (tertiary/aromatic N) is 2. The van der Waals surface area contributed by atoms with Crippen LogP contribution in [-0.4, -0.2) is 45.0 Å². The first kappa shape index (κ1) is 21.6. The van der Waals surface area contributed by atoms with E-state index in [1.807, 2.05) is 0 Å². The second-order valence-electron chi connectivity index (χ2n) is 6.76. The first-order valence-corrected chi connectivity index (χ1v) is 8.17. The van der Waals surface area contributed by atoms with E-state index < -0.39 is 23.3 Å². The molecule has 0 saturated carbocycles. The average molecular weight is 366 g/mol. The van der Waals surface area contributed by atoms with Crippen LogP contribution in [0.2, 0.25) is 0 Å². The van der Waals surface area contributed by atoms with Crippen molar-refractivity contribution in [2.24, 2.45) is 11.1 Å². The number of nitrogens with two attached hydrogens (primary N) is 2. The van der Waals surface area contributed by atoms with Crippen molar-refractivity contribution in [3.05, 3.63) is 22.2 Å². The molecule has 1 aliphatic rings. The Hall–Kier alpha value is -2.41. The molecule has 9 heteroatoms. The van der Waals surface area contributed by atoms with Gasteiger partial charge in [0.2, 0.25) is 0 Å². The van der Waals surface area contributed by atoms with Crippen LogP contribution in [0.3, 0.4) is 0 Å². The summed E-state index contributed by atoms with van der Waals surface area (Å²) in [6.45, 7) is 5.12. The van der Waals surface area contributed by atoms with Crippen molar-refractivity contribution in [1.82, 2.24) is 9.55 Å². The van der Waals surface area contributed by atoms with Crippen molar-refractivity contribution in [3.63, 3.8) is 0 Å². The number of hydrogen-bond acceptors (Lipinski definition) is 7. The molecule has 0 amide bonds. The lowest BCUT2D eigenvalue weighted by atomic mass is 9.98. The third-order valence-corrected chi connectivity index (χ3v) is 3.55. The molecule has 0 aromatic carbocycles. The molecule has 1 saturated heterocycles. The van der Waals surface area contributed by atoms with Crippen LogP contribution in [0.15, 0.2) is 11.0 Å². The van der Waals surface area contributed by atoms with Gasteiger partial charge in [0.15, 0.2) is 0 Å². The van der Waals surface area contributed by atoms with Crippen molar-refractivity contribution >= 4 is 11.8 Å². The first-order valence-electron chi connectivity index (χ1n) is 8.17. The zero-order valence-corrected chi connectivity index (χ0v) is 15.2. The number of nitrogen functional groups attached to an aromatic ring is 1. The van der Waals surface area contributed by atoms with Gasteiger partial charge in [-0.1, -0.05) is 11.8 Å². The van der Waals surface area contributed by atoms with E-state index in [1.165, 1.54) is 10.8 Å². The fourth-order valence-corrected chi connectivity index (χ4v) is 1.96. The summed E-state index contributed by atoms with van der Waals surface area (Å²) in [5, 5.41) is 17.3. The molecule has 2 atom stereocenters. The average Bonchev–Trinajstić information content (AvgIpc) is 3.02. The number of aliphatic hydroxyl groups is 1. The second-order valence-corrected chi connectivity index (χ2v) is 6.76. The van der Waals surface area contributed by atoms with Crippen molar-refractivity contribution < 1.29 is 19.7 Å². The molecule has 1 fully saturated rings. The van der Waals surface area contributed by atoms with Gasteiger partial charge in [-0.15, -0.1) is 0 Å². The van der Waals surface area contributed by atoms with E-state index >= 15 is 0 Å². The van der Waals surface area contributed by atoms with Gasteiger partial charge in [0, 0.05) is 6.20 Å². The number of carboxylic acid groups (broad SMARTS) is 1. The zero-order chi connectivity index (χ0) is 19.9. The van der Waals surface area contributed by atoms with Gasteiger partial charge in [0.05, 0.1) is 30.2 Å². The number of hydrogen-bond donors (Lipinski definition) is 4. The Morgan fingerprint density at radius 2 is 2.08 bits per heavy atom. The van der Waals surface area contributed by atoms with Crippen LogP contribution in [0.25, 0.3) is 0 Å². The molecule has 9 nitrogen and oxygen atoms in total. The molecule has 6 N–H and O–H groups in total. The molecule has 26 heavy (non-hydrogen) atoms.